The van der Waals surface area contributed by atoms with Gasteiger partial charge in [0.15, 0.2) is 11.8 Å². The molecule has 0 saturated heterocycles. The van der Waals surface area contributed by atoms with Crippen LogP contribution in [-0.4, -0.2) is 104 Å². The number of nitrogens with two attached hydrogens (primary N) is 3. The van der Waals surface area contributed by atoms with Gasteiger partial charge in [0.25, 0.3) is 17.0 Å². The molecule has 21 nitrogen and oxygen atoms in total. The Balaban J connectivity index is 0.000000270. The normalized spacial score (nSPS) is 11.8. The number of esters is 3. The zero-order valence-electron chi connectivity index (χ0n) is 54.0. The molecule has 496 valence electrons. The Morgan fingerprint density at radius 3 is 1.47 bits per heavy atom. The fourth-order valence-corrected chi connectivity index (χ4v) is 9.10. The lowest BCUT2D eigenvalue weighted by molar-refractivity contribution is -0.394. The van der Waals surface area contributed by atoms with Crippen molar-refractivity contribution in [3.63, 3.8) is 0 Å². The van der Waals surface area contributed by atoms with Gasteiger partial charge in [-0.15, -0.1) is 0 Å². The molecule has 0 unspecified atom stereocenters. The van der Waals surface area contributed by atoms with Crippen LogP contribution >= 0.6 is 15.9 Å². The highest BCUT2D eigenvalue weighted by atomic mass is 79.9. The molecule has 0 aliphatic heterocycles. The number of amidine groups is 2. The molecule has 0 radical (unpaired) electrons. The van der Waals surface area contributed by atoms with E-state index in [9.17, 15) is 33.6 Å². The molecule has 0 spiro atoms. The summed E-state index contributed by atoms with van der Waals surface area (Å²) in [6, 6.07) is 49.0. The lowest BCUT2D eigenvalue weighted by Gasteiger charge is -2.24. The molecular formula is C71H81BrClN9O12. The van der Waals surface area contributed by atoms with E-state index >= 15 is 0 Å². The summed E-state index contributed by atoms with van der Waals surface area (Å²) in [5, 5.41) is 27.4. The topological polar surface area (TPSA) is 326 Å². The number of carbonyl (C=O) groups excluding carboxylic acids is 4. The maximum atomic E-state index is 13.2. The summed E-state index contributed by atoms with van der Waals surface area (Å²) in [5.41, 5.74) is 15.5. The largest absolute Gasteiger partial charge is 1.00 e. The number of ether oxygens (including phenoxy) is 3. The number of carbonyl (C=O) groups is 5. The van der Waals surface area contributed by atoms with E-state index < -0.39 is 58.2 Å². The molecular weight excluding hydrogens is 1290 g/mol. The predicted octanol–water partition coefficient (Wildman–Crippen LogP) is 7.69. The van der Waals surface area contributed by atoms with E-state index in [-0.39, 0.29) is 40.9 Å². The molecule has 0 aliphatic carbocycles. The maximum absolute atomic E-state index is 13.2. The monoisotopic (exact) mass is 1370 g/mol. The van der Waals surface area contributed by atoms with Crippen LogP contribution in [0.3, 0.4) is 0 Å². The Labute approximate surface area is 560 Å². The molecule has 6 aromatic carbocycles. The highest BCUT2D eigenvalue weighted by molar-refractivity contribution is 9.10. The number of nitrogens with zero attached hydrogens (tertiary/aromatic N) is 4. The number of hydrogen-bond acceptors (Lipinski definition) is 14. The lowest BCUT2D eigenvalue weighted by Crippen LogP contribution is -3.00. The molecule has 3 aromatic heterocycles. The first-order valence-corrected chi connectivity index (χ1v) is 30.5. The second-order valence-corrected chi connectivity index (χ2v) is 23.9. The van der Waals surface area contributed by atoms with Crippen LogP contribution in [0.4, 0.5) is 0 Å². The summed E-state index contributed by atoms with van der Waals surface area (Å²) >= 11 is 3.43. The number of aliphatic imine (C=N–C) groups is 2. The number of benzene rings is 6. The van der Waals surface area contributed by atoms with Crippen molar-refractivity contribution >= 4 is 89.7 Å². The third-order valence-electron chi connectivity index (χ3n) is 13.1. The Hall–Kier alpha value is -10.0. The van der Waals surface area contributed by atoms with Gasteiger partial charge in [0.1, 0.15) is 34.4 Å². The maximum Gasteiger partial charge on any atom is 0.378 e. The minimum absolute atomic E-state index is 0. The van der Waals surface area contributed by atoms with Crippen molar-refractivity contribution in [2.24, 2.45) is 27.2 Å². The number of rotatable bonds is 16. The van der Waals surface area contributed by atoms with Crippen molar-refractivity contribution in [3.05, 3.63) is 224 Å². The Morgan fingerprint density at radius 1 is 0.585 bits per heavy atom. The van der Waals surface area contributed by atoms with E-state index in [1.807, 2.05) is 99.6 Å². The number of methoxy groups -OCH3 is 1. The molecule has 2 atom stereocenters. The number of carboxylic acid groups (broad SMARTS) is 1. The van der Waals surface area contributed by atoms with E-state index in [0.29, 0.717) is 55.4 Å². The third kappa shape index (κ3) is 24.9. The molecule has 0 saturated carbocycles. The number of hydrogen-bond donors (Lipinski definition) is 6. The van der Waals surface area contributed by atoms with Crippen molar-refractivity contribution in [1.82, 2.24) is 14.5 Å². The van der Waals surface area contributed by atoms with E-state index in [2.05, 4.69) is 83.4 Å². The number of carboxylic acids is 1. The number of nitrogens with one attached hydrogen (secondary N) is 2. The van der Waals surface area contributed by atoms with Gasteiger partial charge < -0.3 is 59.3 Å². The standard InChI is InChI=1S/C27H32N4O4.C16H11NO3.C11H23N3O2.C10H7Br.C7H7NO3.ClH/c1-18(28)29-15-7-12-23(26(34)35-27(2,3)4)30-24(32)22-11-8-16-31(25(22)33)21-14-13-19-9-5-6-10-20(19)17-21;18-15-14(16(19)20)6-3-9-17(15)13-8-7-11-4-1-2-5-12(11)10-13;1-8(12)14-7-5-6-9(13)10(15)16-11(2,3)4;11-10-6-5-8-3-1-2-4-9(8)7-10;1-11-7(10)5-3-2-4-8-6(5)9;/h5-6,8-11,13-14,16-17,23H,7,12,15H2,1-4H3,(H2,28,29)(H,30,32);1-10H,(H,19,20);9H,5-7,13H2,1-4H3,(H2,12,14);1-7H;2-4H,1H3,(H,8,9);1H/t23-;;9-;;;/m0.0.../s1. The number of aromatic hydroxyl groups is 1. The van der Waals surface area contributed by atoms with E-state index in [4.69, 9.17) is 36.9 Å². The fourth-order valence-electron chi connectivity index (χ4n) is 8.72. The van der Waals surface area contributed by atoms with Crippen LogP contribution in [0.1, 0.15) is 112 Å². The highest BCUT2D eigenvalue weighted by Gasteiger charge is 2.28. The summed E-state index contributed by atoms with van der Waals surface area (Å²) in [5.74, 6) is -2.53. The summed E-state index contributed by atoms with van der Waals surface area (Å²) < 4.78 is 18.9. The number of amides is 1. The minimum Gasteiger partial charge on any atom is -1.00 e. The quantitative estimate of drug-likeness (QED) is 0.0178. The molecule has 10 N–H and O–H groups in total. The summed E-state index contributed by atoms with van der Waals surface area (Å²) in [4.78, 5) is 95.1. The van der Waals surface area contributed by atoms with Crippen LogP contribution in [0.2, 0.25) is 0 Å². The van der Waals surface area contributed by atoms with Gasteiger partial charge in [-0.2, -0.15) is 4.98 Å². The number of aromatic nitrogens is 3. The van der Waals surface area contributed by atoms with Gasteiger partial charge in [-0.3, -0.25) is 38.3 Å². The number of H-pyrrole nitrogens is 1. The van der Waals surface area contributed by atoms with Gasteiger partial charge in [0.05, 0.1) is 18.8 Å². The van der Waals surface area contributed by atoms with E-state index in [1.165, 1.54) is 51.4 Å². The van der Waals surface area contributed by atoms with Gasteiger partial charge >= 0.3 is 29.8 Å². The van der Waals surface area contributed by atoms with Crippen LogP contribution in [0.25, 0.3) is 43.7 Å². The number of aromatic amines is 1. The van der Waals surface area contributed by atoms with Crippen molar-refractivity contribution < 1.29 is 65.8 Å². The fraction of sp³-hybridized carbons (Fsp3) is 0.268. The first kappa shape index (κ1) is 76.4. The summed E-state index contributed by atoms with van der Waals surface area (Å²) in [6.45, 7) is 15.1. The van der Waals surface area contributed by atoms with Gasteiger partial charge in [0, 0.05) is 47.4 Å². The molecule has 3 heterocycles. The SMILES string of the molecule is Brc1ccc2ccccc2c1.CC(N)=NCCC[C@H](N)C(=O)OC(C)(C)C.CC(N)=NCCC[C@H](NC(=O)c1cccn(-c2ccc3ccccc3c2)c1=O)C(=O)OC(C)(C)C.COC(=O)c1ccc[nH+]c1O.O=C(O)c1cccn(-c2ccc3ccccc3c2)c1=O.[Cl-]. The minimum atomic E-state index is -1.22. The van der Waals surface area contributed by atoms with Crippen molar-refractivity contribution in [1.29, 1.82) is 0 Å². The van der Waals surface area contributed by atoms with Crippen LogP contribution < -0.4 is 51.0 Å². The zero-order chi connectivity index (χ0) is 68.4. The molecule has 0 fully saturated rings. The van der Waals surface area contributed by atoms with Gasteiger partial charge in [0.2, 0.25) is 0 Å². The van der Waals surface area contributed by atoms with Crippen molar-refractivity contribution in [3.8, 4) is 17.3 Å². The number of halogens is 2. The lowest BCUT2D eigenvalue weighted by atomic mass is 10.1. The summed E-state index contributed by atoms with van der Waals surface area (Å²) in [7, 11) is 1.26. The Morgan fingerprint density at radius 2 is 1.01 bits per heavy atom. The van der Waals surface area contributed by atoms with Gasteiger partial charge in [-0.1, -0.05) is 107 Å². The molecule has 94 heavy (non-hydrogen) atoms. The van der Waals surface area contributed by atoms with Crippen molar-refractivity contribution in [2.45, 2.75) is 104 Å². The molecule has 0 aliphatic rings. The van der Waals surface area contributed by atoms with Crippen LogP contribution in [0.5, 0.6) is 5.88 Å². The first-order chi connectivity index (χ1) is 44.0. The third-order valence-corrected chi connectivity index (χ3v) is 13.6. The Bertz CT molecular complexity index is 4230. The van der Waals surface area contributed by atoms with Crippen LogP contribution in [0.15, 0.2) is 206 Å². The molecule has 9 aromatic rings. The number of pyridine rings is 3. The second-order valence-electron chi connectivity index (χ2n) is 23.0. The molecule has 23 heteroatoms. The van der Waals surface area contributed by atoms with Crippen molar-refractivity contribution in [2.75, 3.05) is 20.2 Å². The molecule has 9 rings (SSSR count). The number of aromatic carboxylic acids is 1. The zero-order valence-corrected chi connectivity index (χ0v) is 56.3. The summed E-state index contributed by atoms with van der Waals surface area (Å²) in [6.07, 6.45) is 6.79. The predicted molar refractivity (Wildman–Crippen MR) is 367 cm³/mol. The average Bonchev–Trinajstić information content (AvgIpc) is 0.811. The molecule has 1 amide bonds. The smallest absolute Gasteiger partial charge is 0.378 e. The van der Waals surface area contributed by atoms with E-state index in [0.717, 1.165) is 32.4 Å². The second kappa shape index (κ2) is 36.9. The average molecular weight is 1370 g/mol. The van der Waals surface area contributed by atoms with E-state index in [1.54, 1.807) is 71.3 Å². The van der Waals surface area contributed by atoms with Crippen LogP contribution in [-0.2, 0) is 23.8 Å². The van der Waals surface area contributed by atoms with Crippen LogP contribution in [0, 0.1) is 0 Å². The molecule has 0 bridgehead atoms. The Kier molecular flexibility index (Phi) is 30.0. The first-order valence-electron chi connectivity index (χ1n) is 29.7. The highest BCUT2D eigenvalue weighted by Crippen LogP contribution is 2.21. The van der Waals surface area contributed by atoms with Gasteiger partial charge in [-0.05, 0) is 180 Å². The van der Waals surface area contributed by atoms with Gasteiger partial charge in [-0.25, -0.2) is 14.4 Å². The number of fused-ring (bicyclic) bond motifs is 3.